The molecule has 0 N–H and O–H groups in total. The van der Waals surface area contributed by atoms with Crippen LogP contribution in [0.2, 0.25) is 0 Å². The average molecular weight is 380 g/mol. The maximum Gasteiger partial charge on any atom is 0.255 e. The third-order valence-electron chi connectivity index (χ3n) is 5.98. The lowest BCUT2D eigenvalue weighted by atomic mass is 9.97. The second-order valence-corrected chi connectivity index (χ2v) is 7.92. The van der Waals surface area contributed by atoms with Gasteiger partial charge < -0.3 is 9.80 Å². The van der Waals surface area contributed by atoms with Gasteiger partial charge >= 0.3 is 0 Å². The minimum absolute atomic E-state index is 0.0602. The van der Waals surface area contributed by atoms with Crippen molar-refractivity contribution in [3.05, 3.63) is 71.0 Å². The zero-order chi connectivity index (χ0) is 19.7. The van der Waals surface area contributed by atoms with E-state index in [1.54, 1.807) is 17.0 Å². The Kier molecular flexibility index (Phi) is 5.16. The summed E-state index contributed by atoms with van der Waals surface area (Å²) in [6, 6.07) is 13.3. The Morgan fingerprint density at radius 2 is 1.79 bits per heavy atom. The van der Waals surface area contributed by atoms with Gasteiger partial charge in [-0.1, -0.05) is 37.3 Å². The van der Waals surface area contributed by atoms with Gasteiger partial charge in [0.25, 0.3) is 5.91 Å². The number of nitrogens with zero attached hydrogens (tertiary/aromatic N) is 2. The highest BCUT2D eigenvalue weighted by atomic mass is 19.1. The molecule has 0 saturated carbocycles. The number of amides is 2. The Labute approximate surface area is 164 Å². The van der Waals surface area contributed by atoms with Crippen LogP contribution in [0.4, 0.5) is 4.39 Å². The Morgan fingerprint density at radius 1 is 1.11 bits per heavy atom. The lowest BCUT2D eigenvalue weighted by Gasteiger charge is -2.34. The van der Waals surface area contributed by atoms with Gasteiger partial charge in [0.05, 0.1) is 12.5 Å². The van der Waals surface area contributed by atoms with Gasteiger partial charge in [-0.05, 0) is 48.1 Å². The Morgan fingerprint density at radius 3 is 2.46 bits per heavy atom. The Balaban J connectivity index is 1.59. The molecule has 1 saturated heterocycles. The smallest absolute Gasteiger partial charge is 0.255 e. The number of halogens is 1. The molecule has 1 unspecified atom stereocenters. The van der Waals surface area contributed by atoms with Gasteiger partial charge in [0.15, 0.2) is 0 Å². The summed E-state index contributed by atoms with van der Waals surface area (Å²) in [6.07, 6.45) is 2.25. The number of benzene rings is 2. The Hall–Kier alpha value is -2.69. The van der Waals surface area contributed by atoms with Gasteiger partial charge in [-0.25, -0.2) is 4.39 Å². The van der Waals surface area contributed by atoms with Crippen LogP contribution in [0.15, 0.2) is 48.5 Å². The molecule has 2 aromatic carbocycles. The summed E-state index contributed by atoms with van der Waals surface area (Å²) in [4.78, 5) is 29.7. The lowest BCUT2D eigenvalue weighted by Crippen LogP contribution is -2.40. The quantitative estimate of drug-likeness (QED) is 0.799. The van der Waals surface area contributed by atoms with Crippen molar-refractivity contribution in [3.63, 3.8) is 0 Å². The third kappa shape index (κ3) is 3.66. The number of carbonyl (C=O) groups excluding carboxylic acids is 2. The summed E-state index contributed by atoms with van der Waals surface area (Å²) >= 11 is 0. The van der Waals surface area contributed by atoms with Crippen molar-refractivity contribution >= 4 is 11.8 Å². The molecule has 2 aromatic rings. The van der Waals surface area contributed by atoms with Crippen LogP contribution in [0.1, 0.15) is 53.7 Å². The second-order valence-electron chi connectivity index (χ2n) is 7.92. The Bertz CT molecular complexity index is 872. The molecule has 4 nitrogen and oxygen atoms in total. The molecular weight excluding hydrogens is 355 g/mol. The summed E-state index contributed by atoms with van der Waals surface area (Å²) in [6.45, 7) is 4.22. The first-order chi connectivity index (χ1) is 13.5. The monoisotopic (exact) mass is 380 g/mol. The van der Waals surface area contributed by atoms with Crippen LogP contribution in [0, 0.1) is 11.7 Å². The second kappa shape index (κ2) is 7.74. The van der Waals surface area contributed by atoms with E-state index in [1.165, 1.54) is 12.1 Å². The molecule has 28 heavy (non-hydrogen) atoms. The van der Waals surface area contributed by atoms with E-state index in [0.29, 0.717) is 18.0 Å². The van der Waals surface area contributed by atoms with Crippen molar-refractivity contribution in [1.29, 1.82) is 0 Å². The highest BCUT2D eigenvalue weighted by Crippen LogP contribution is 2.34. The van der Waals surface area contributed by atoms with Crippen molar-refractivity contribution < 1.29 is 14.0 Å². The number of piperidine rings is 1. The van der Waals surface area contributed by atoms with Crippen molar-refractivity contribution in [3.8, 4) is 0 Å². The fourth-order valence-electron chi connectivity index (χ4n) is 4.17. The highest BCUT2D eigenvalue weighted by Gasteiger charge is 2.35. The summed E-state index contributed by atoms with van der Waals surface area (Å²) in [7, 11) is 0. The van der Waals surface area contributed by atoms with Crippen LogP contribution < -0.4 is 0 Å². The maximum atomic E-state index is 13.5. The van der Waals surface area contributed by atoms with Crippen LogP contribution in [-0.4, -0.2) is 34.7 Å². The molecule has 2 amide bonds. The lowest BCUT2D eigenvalue weighted by molar-refractivity contribution is -0.133. The zero-order valence-corrected chi connectivity index (χ0v) is 16.1. The highest BCUT2D eigenvalue weighted by molar-refractivity contribution is 5.98. The van der Waals surface area contributed by atoms with Gasteiger partial charge in [0.2, 0.25) is 5.91 Å². The summed E-state index contributed by atoms with van der Waals surface area (Å²) < 4.78 is 13.5. The number of likely N-dealkylation sites (tertiary alicyclic amines) is 1. The van der Waals surface area contributed by atoms with Gasteiger partial charge in [-0.2, -0.15) is 0 Å². The van der Waals surface area contributed by atoms with Crippen molar-refractivity contribution in [1.82, 2.24) is 9.80 Å². The van der Waals surface area contributed by atoms with Crippen LogP contribution >= 0.6 is 0 Å². The molecular formula is C23H25FN2O2. The molecule has 0 bridgehead atoms. The van der Waals surface area contributed by atoms with E-state index in [1.807, 2.05) is 29.2 Å². The van der Waals surface area contributed by atoms with Crippen LogP contribution in [0.3, 0.4) is 0 Å². The zero-order valence-electron chi connectivity index (χ0n) is 16.1. The molecule has 0 radical (unpaired) electrons. The van der Waals surface area contributed by atoms with E-state index in [2.05, 4.69) is 6.92 Å². The summed E-state index contributed by atoms with van der Waals surface area (Å²) in [5.74, 6) is 0.316. The van der Waals surface area contributed by atoms with Crippen LogP contribution in [0.5, 0.6) is 0 Å². The first kappa shape index (κ1) is 18.7. The van der Waals surface area contributed by atoms with E-state index < -0.39 is 6.04 Å². The van der Waals surface area contributed by atoms with E-state index in [0.717, 1.165) is 37.1 Å². The first-order valence-electron chi connectivity index (χ1n) is 9.95. The predicted octanol–water partition coefficient (Wildman–Crippen LogP) is 4.17. The average Bonchev–Trinajstić information content (AvgIpc) is 3.04. The molecule has 146 valence electrons. The van der Waals surface area contributed by atoms with E-state index in [-0.39, 0.29) is 24.1 Å². The van der Waals surface area contributed by atoms with Crippen LogP contribution in [-0.2, 0) is 11.3 Å². The standard InChI is InChI=1S/C23H25FN2O2/c1-16-10-12-25(13-11-16)22(27)14-21(17-6-8-19(24)9-7-17)26-15-18-4-2-3-5-20(18)23(26)28/h2-9,16,21H,10-15H2,1H3. The summed E-state index contributed by atoms with van der Waals surface area (Å²) in [5.41, 5.74) is 2.45. The van der Waals surface area contributed by atoms with E-state index in [9.17, 15) is 14.0 Å². The normalized spacial score (nSPS) is 18.3. The van der Waals surface area contributed by atoms with Crippen LogP contribution in [0.25, 0.3) is 0 Å². The minimum atomic E-state index is -0.396. The van der Waals surface area contributed by atoms with Gasteiger partial charge in [0.1, 0.15) is 5.82 Å². The third-order valence-corrected chi connectivity index (χ3v) is 5.98. The first-order valence-corrected chi connectivity index (χ1v) is 9.95. The van der Waals surface area contributed by atoms with E-state index in [4.69, 9.17) is 0 Å². The molecule has 0 spiro atoms. The fourth-order valence-corrected chi connectivity index (χ4v) is 4.17. The van der Waals surface area contributed by atoms with Gasteiger partial charge in [-0.15, -0.1) is 0 Å². The van der Waals surface area contributed by atoms with Crippen molar-refractivity contribution in [2.75, 3.05) is 13.1 Å². The molecule has 1 atom stereocenters. The number of carbonyl (C=O) groups is 2. The molecule has 4 rings (SSSR count). The molecule has 0 aliphatic carbocycles. The number of fused-ring (bicyclic) bond motifs is 1. The van der Waals surface area contributed by atoms with Crippen molar-refractivity contribution in [2.24, 2.45) is 5.92 Å². The number of rotatable bonds is 4. The predicted molar refractivity (Wildman–Crippen MR) is 105 cm³/mol. The fraction of sp³-hybridized carbons (Fsp3) is 0.391. The number of hydrogen-bond donors (Lipinski definition) is 0. The minimum Gasteiger partial charge on any atom is -0.343 e. The number of hydrogen-bond acceptors (Lipinski definition) is 2. The van der Waals surface area contributed by atoms with E-state index >= 15 is 0 Å². The molecule has 2 heterocycles. The van der Waals surface area contributed by atoms with Gasteiger partial charge in [0, 0.05) is 25.2 Å². The molecule has 0 aromatic heterocycles. The van der Waals surface area contributed by atoms with Crippen molar-refractivity contribution in [2.45, 2.75) is 38.8 Å². The summed E-state index contributed by atoms with van der Waals surface area (Å²) in [5, 5.41) is 0. The molecule has 2 aliphatic rings. The maximum absolute atomic E-state index is 13.5. The topological polar surface area (TPSA) is 40.6 Å². The molecule has 5 heteroatoms. The molecule has 2 aliphatic heterocycles. The molecule has 1 fully saturated rings. The largest absolute Gasteiger partial charge is 0.343 e. The van der Waals surface area contributed by atoms with Gasteiger partial charge in [-0.3, -0.25) is 9.59 Å². The SMILES string of the molecule is CC1CCN(C(=O)CC(c2ccc(F)cc2)N2Cc3ccccc3C2=O)CC1.